The molecule has 0 radical (unpaired) electrons. The summed E-state index contributed by atoms with van der Waals surface area (Å²) >= 11 is 0. The van der Waals surface area contributed by atoms with E-state index in [0.717, 1.165) is 43.2 Å². The Morgan fingerprint density at radius 3 is 1.25 bits per heavy atom. The van der Waals surface area contributed by atoms with Gasteiger partial charge in [0.05, 0.1) is 45.0 Å². The van der Waals surface area contributed by atoms with Crippen molar-refractivity contribution in [2.24, 2.45) is 34.4 Å². The van der Waals surface area contributed by atoms with Gasteiger partial charge in [0.1, 0.15) is 90.6 Å². The van der Waals surface area contributed by atoms with Crippen LogP contribution >= 0.6 is 64.8 Å². The number of benzene rings is 1. The van der Waals surface area contributed by atoms with Crippen LogP contribution in [0.15, 0.2) is 43.0 Å². The quantitative estimate of drug-likeness (QED) is 0.0171. The van der Waals surface area contributed by atoms with Gasteiger partial charge in [-0.2, -0.15) is 0 Å². The molecule has 3 aromatic rings. The molecule has 3 saturated heterocycles. The van der Waals surface area contributed by atoms with Crippen LogP contribution in [-0.2, 0) is 99.1 Å². The molecule has 1 aromatic carbocycles. The Hall–Kier alpha value is -11.1. The number of carboxylic acids is 1. The second-order valence-electron chi connectivity index (χ2n) is 28.5. The number of carbonyl (C=O) groups is 18. The summed E-state index contributed by atoms with van der Waals surface area (Å²) in [7, 11) is 4.39. The van der Waals surface area contributed by atoms with Crippen molar-refractivity contribution in [1.82, 2.24) is 105 Å². The van der Waals surface area contributed by atoms with Gasteiger partial charge in [-0.25, -0.2) is 4.98 Å². The Morgan fingerprint density at radius 2 is 0.786 bits per heavy atom. The summed E-state index contributed by atoms with van der Waals surface area (Å²) < 4.78 is 0. The number of para-hydroxylation sites is 1. The lowest BCUT2D eigenvalue weighted by Crippen LogP contribution is -2.62. The van der Waals surface area contributed by atoms with Gasteiger partial charge in [0.2, 0.25) is 100 Å². The van der Waals surface area contributed by atoms with E-state index in [4.69, 9.17) is 45.2 Å². The maximum Gasteiger partial charge on any atom is 0.305 e. The van der Waals surface area contributed by atoms with Crippen LogP contribution in [0.1, 0.15) is 69.0 Å². The SMILES string of the molecule is N=C(N)NCCC[C@@H]1NC(=O)[C@@H]2CSSC[C@H](N)C(=O)N[C@H]3CSSC[C@H](NC(=O)[C@H](CCCNC(=N)N)NC(=O)[C@H](CO)NC(=O)[C@H](Cc4cnc[nH]4)NC(=O)C(CC(=O)O)NC1=O)C(=O)N[C@H](C(N)=O)CSSC[C@H](NC(=O)[C@H](CC(N)=O)NC3=O)C(=O)N[C@@H](CO)C(=O)NC(CO)C(=O)N[C@@H](CCCCN)C(=O)N[C@@H](Cc1c[nH]c3ccccc13)C(=O)N2. The first-order valence-electron chi connectivity index (χ1n) is 39.1. The summed E-state index contributed by atoms with van der Waals surface area (Å²) in [4.78, 5) is 270. The predicted octanol–water partition coefficient (Wildman–Crippen LogP) is -12.1. The fourth-order valence-corrected chi connectivity index (χ4v) is 19.0. The lowest BCUT2D eigenvalue weighted by atomic mass is 10.0. The van der Waals surface area contributed by atoms with Crippen molar-refractivity contribution in [1.29, 1.82) is 10.8 Å². The van der Waals surface area contributed by atoms with Gasteiger partial charge in [0.15, 0.2) is 11.9 Å². The Labute approximate surface area is 742 Å². The van der Waals surface area contributed by atoms with E-state index in [1.165, 1.54) is 18.7 Å². The third-order valence-electron chi connectivity index (χ3n) is 18.9. The summed E-state index contributed by atoms with van der Waals surface area (Å²) in [5, 5.41) is 99.7. The number of fused-ring (bicyclic) bond motifs is 17. The minimum Gasteiger partial charge on any atom is -0.481 e. The van der Waals surface area contributed by atoms with Crippen LogP contribution in [0.4, 0.5) is 0 Å². The summed E-state index contributed by atoms with van der Waals surface area (Å²) in [5.41, 5.74) is 36.0. The number of amides is 17. The van der Waals surface area contributed by atoms with Gasteiger partial charge in [-0.15, -0.1) is 0 Å². The van der Waals surface area contributed by atoms with Crippen LogP contribution in [0, 0.1) is 10.8 Å². The highest BCUT2D eigenvalue weighted by Crippen LogP contribution is 2.28. The topological polar surface area (TPSA) is 841 Å². The zero-order chi connectivity index (χ0) is 92.7. The number of aliphatic hydroxyl groups excluding tert-OH is 3. The number of rotatable bonds is 24. The highest BCUT2D eigenvalue weighted by atomic mass is 33.1. The average molecular weight is 1880 g/mol. The molecule has 3 aliphatic heterocycles. The highest BCUT2D eigenvalue weighted by Gasteiger charge is 2.41. The standard InChI is InChI=1S/C70H106N28O22S6/c71-12-4-3-9-36-55(107)87-39(15-31-19-82-35-8-2-1-7-33(31)35)58(110)97-48-27-123-121-24-34(72)54(106)95-47-26-125-126-29-50(68(120)94-46(53(74)105)25-122-124-28-49(98-60(112)41(17-51(73)102)89-66(47)118)67(119)93-45(23-101)64(116)92-44(22-100)63(115)84-36)96-57(109)38(11-6-14-81-70(77)78)85-62(114)43(21-99)91-59(111)40(16-32-20-79-30-83-32)88-61(113)42(18-52(103)104)90-56(108)37(86-65(48)117)10-5-13-80-69(75)76/h1-2,7-8,19-20,30,34,36-50,82,99-101H,3-6,9-18,21-29,71-72H2,(H2,73,102)(H2,74,105)(H,79,83)(H,84,115)(H,85,114)(H,86,117)(H,87,107)(H,88,113)(H,89,118)(H,90,108)(H,91,111)(H,92,116)(H,93,119)(H,94,120)(H,95,106)(H,96,109)(H,97,110)(H,98,112)(H,103,104)(H4,75,76,80)(H4,77,78,81)/t34-,36-,37-,38-,39-,40-,41-,42?,43-,44?,45-,46-,47-,48-,49-,50-/m0/s1. The molecular formula is C70H106N28O22S6. The monoisotopic (exact) mass is 1880 g/mol. The summed E-state index contributed by atoms with van der Waals surface area (Å²) in [6.07, 6.45) is -0.343. The second-order valence-corrected chi connectivity index (χ2v) is 36.2. The molecule has 50 nitrogen and oxygen atoms in total. The molecule has 16 atom stereocenters. The average Bonchev–Trinajstić information content (AvgIpc) is 1.66. The maximum atomic E-state index is 15.5. The van der Waals surface area contributed by atoms with Gasteiger partial charge < -0.3 is 155 Å². The van der Waals surface area contributed by atoms with Crippen LogP contribution in [0.3, 0.4) is 0 Å². The number of nitrogens with one attached hydrogen (secondary N) is 21. The number of H-pyrrole nitrogens is 2. The number of imidazole rings is 1. The molecule has 2 unspecified atom stereocenters. The molecule has 3 aliphatic rings. The normalized spacial score (nSPS) is 26.4. The van der Waals surface area contributed by atoms with Crippen LogP contribution in [0.2, 0.25) is 0 Å². The molecule has 56 heteroatoms. The molecule has 4 bridgehead atoms. The maximum absolute atomic E-state index is 15.5. The molecule has 694 valence electrons. The van der Waals surface area contributed by atoms with Gasteiger partial charge in [-0.1, -0.05) is 83.0 Å². The number of unbranched alkanes of at least 4 members (excludes halogenated alkanes) is 1. The Bertz CT molecular complexity index is 4350. The first-order valence-corrected chi connectivity index (χ1v) is 46.5. The van der Waals surface area contributed by atoms with Crippen LogP contribution in [0.25, 0.3) is 10.9 Å². The van der Waals surface area contributed by atoms with E-state index < -0.39 is 308 Å². The Balaban J connectivity index is 1.61. The minimum atomic E-state index is -2.17. The van der Waals surface area contributed by atoms with E-state index in [0.29, 0.717) is 38.1 Å². The molecule has 2 aromatic heterocycles. The van der Waals surface area contributed by atoms with E-state index in [1.807, 2.05) is 0 Å². The molecule has 6 rings (SSSR count). The second kappa shape index (κ2) is 53.4. The van der Waals surface area contributed by atoms with Crippen molar-refractivity contribution >= 4 is 194 Å². The van der Waals surface area contributed by atoms with E-state index in [2.05, 4.69) is 105 Å². The number of aliphatic hydroxyl groups is 3. The van der Waals surface area contributed by atoms with Gasteiger partial charge in [-0.3, -0.25) is 97.1 Å². The first-order chi connectivity index (χ1) is 60.0. The largest absolute Gasteiger partial charge is 0.481 e. The predicted molar refractivity (Wildman–Crippen MR) is 464 cm³/mol. The molecule has 5 heterocycles. The zero-order valence-electron chi connectivity index (χ0n) is 67.5. The van der Waals surface area contributed by atoms with Crippen LogP contribution in [-0.4, -0.2) is 324 Å². The van der Waals surface area contributed by atoms with Crippen molar-refractivity contribution in [3.05, 3.63) is 54.2 Å². The summed E-state index contributed by atoms with van der Waals surface area (Å²) in [5.74, 6) is -27.2. The molecule has 0 aliphatic carbocycles. The van der Waals surface area contributed by atoms with Crippen molar-refractivity contribution < 1.29 is 107 Å². The number of hydrogen-bond acceptors (Lipinski definition) is 32. The number of carboxylic acid groups (broad SMARTS) is 1. The van der Waals surface area contributed by atoms with E-state index in [1.54, 1.807) is 24.3 Å². The third-order valence-corrected chi connectivity index (χ3v) is 26.1. The van der Waals surface area contributed by atoms with Gasteiger partial charge in [-0.05, 0) is 63.1 Å². The lowest BCUT2D eigenvalue weighted by Gasteiger charge is -2.28. The van der Waals surface area contributed by atoms with Crippen molar-refractivity contribution in [2.45, 2.75) is 167 Å². The molecule has 3 fully saturated rings. The van der Waals surface area contributed by atoms with Gasteiger partial charge in [0.25, 0.3) is 0 Å². The Kier molecular flexibility index (Phi) is 43.9. The smallest absolute Gasteiger partial charge is 0.305 e. The molecule has 0 saturated carbocycles. The number of carbonyl (C=O) groups excluding carboxylic acids is 17. The highest BCUT2D eigenvalue weighted by molar-refractivity contribution is 8.77. The number of aromatic amines is 2. The fourth-order valence-electron chi connectivity index (χ4n) is 12.1. The number of aliphatic carboxylic acids is 1. The number of primary amides is 2. The summed E-state index contributed by atoms with van der Waals surface area (Å²) in [6, 6.07) is -23.4. The van der Waals surface area contributed by atoms with E-state index in [9.17, 15) is 92.3 Å². The molecule has 17 amide bonds. The summed E-state index contributed by atoms with van der Waals surface area (Å²) in [6.45, 7) is -4.02. The number of nitrogens with zero attached hydrogens (tertiary/aromatic N) is 1. The van der Waals surface area contributed by atoms with Crippen LogP contribution < -0.4 is 125 Å². The third kappa shape index (κ3) is 34.7. The molecular weight excluding hydrogens is 1780 g/mol. The number of nitrogens with two attached hydrogens (primary N) is 6. The molecule has 126 heavy (non-hydrogen) atoms. The molecule has 37 N–H and O–H groups in total. The fraction of sp³-hybridized carbons (Fsp3) is 0.557. The Morgan fingerprint density at radius 1 is 0.421 bits per heavy atom. The number of aromatic nitrogens is 3. The van der Waals surface area contributed by atoms with Gasteiger partial charge >= 0.3 is 5.97 Å². The molecule has 0 spiro atoms. The van der Waals surface area contributed by atoms with Crippen molar-refractivity contribution in [3.63, 3.8) is 0 Å². The van der Waals surface area contributed by atoms with Gasteiger partial charge in [0, 0.05) is 89.4 Å². The first kappa shape index (κ1) is 104. The van der Waals surface area contributed by atoms with E-state index in [-0.39, 0.29) is 57.4 Å². The zero-order valence-corrected chi connectivity index (χ0v) is 72.4. The lowest BCUT2D eigenvalue weighted by molar-refractivity contribution is -0.141. The van der Waals surface area contributed by atoms with Crippen LogP contribution in [0.5, 0.6) is 0 Å². The van der Waals surface area contributed by atoms with E-state index >= 15 is 14.4 Å². The van der Waals surface area contributed by atoms with Crippen molar-refractivity contribution in [2.75, 3.05) is 74.0 Å². The minimum absolute atomic E-state index is 0.0629. The number of guanidine groups is 2. The van der Waals surface area contributed by atoms with Crippen molar-refractivity contribution in [3.8, 4) is 0 Å². The number of hydrogen-bond donors (Lipinski definition) is 31.